The lowest BCUT2D eigenvalue weighted by atomic mass is 10.2. The summed E-state index contributed by atoms with van der Waals surface area (Å²) in [5, 5.41) is 4.45. The zero-order chi connectivity index (χ0) is 23.2. The number of carbonyl (C=O) groups is 3. The van der Waals surface area contributed by atoms with Crippen molar-refractivity contribution in [1.82, 2.24) is 10.6 Å². The number of amides is 3. The average Bonchev–Trinajstić information content (AvgIpc) is 2.73. The van der Waals surface area contributed by atoms with Crippen molar-refractivity contribution in [2.24, 2.45) is 0 Å². The van der Waals surface area contributed by atoms with Gasteiger partial charge in [0.25, 0.3) is 15.9 Å². The van der Waals surface area contributed by atoms with Gasteiger partial charge >= 0.3 is 12.0 Å². The SMILES string of the molecule is CCNC(=O)NC(=O)C(C)OC(=O)c1ccc(N(C)S(=O)(=O)c2ccc(C)cc2)cc1. The highest BCUT2D eigenvalue weighted by Gasteiger charge is 2.23. The molecule has 2 aromatic carbocycles. The fraction of sp³-hybridized carbons (Fsp3) is 0.286. The molecular formula is C21H25N3O6S. The van der Waals surface area contributed by atoms with Gasteiger partial charge in [-0.1, -0.05) is 17.7 Å². The van der Waals surface area contributed by atoms with Crippen molar-refractivity contribution in [3.63, 3.8) is 0 Å². The monoisotopic (exact) mass is 447 g/mol. The molecule has 0 saturated heterocycles. The molecule has 0 aliphatic heterocycles. The zero-order valence-electron chi connectivity index (χ0n) is 17.7. The van der Waals surface area contributed by atoms with Crippen LogP contribution in [0.15, 0.2) is 53.4 Å². The second-order valence-corrected chi connectivity index (χ2v) is 8.70. The van der Waals surface area contributed by atoms with Crippen LogP contribution in [0.4, 0.5) is 10.5 Å². The lowest BCUT2D eigenvalue weighted by Gasteiger charge is -2.20. The maximum atomic E-state index is 12.8. The fourth-order valence-corrected chi connectivity index (χ4v) is 3.71. The fourth-order valence-electron chi connectivity index (χ4n) is 2.51. The van der Waals surface area contributed by atoms with Crippen LogP contribution in [0, 0.1) is 6.92 Å². The highest BCUT2D eigenvalue weighted by atomic mass is 32.2. The minimum absolute atomic E-state index is 0.127. The first-order chi connectivity index (χ1) is 14.6. The maximum absolute atomic E-state index is 12.8. The van der Waals surface area contributed by atoms with Gasteiger partial charge in [0.15, 0.2) is 6.10 Å². The Morgan fingerprint density at radius 3 is 2.16 bits per heavy atom. The number of nitrogens with zero attached hydrogens (tertiary/aromatic N) is 1. The van der Waals surface area contributed by atoms with Crippen LogP contribution in [0.5, 0.6) is 0 Å². The van der Waals surface area contributed by atoms with Gasteiger partial charge in [0.05, 0.1) is 16.1 Å². The summed E-state index contributed by atoms with van der Waals surface area (Å²) in [6.07, 6.45) is -1.20. The molecule has 0 aliphatic carbocycles. The molecular weight excluding hydrogens is 422 g/mol. The first-order valence-corrected chi connectivity index (χ1v) is 11.0. The van der Waals surface area contributed by atoms with Crippen molar-refractivity contribution in [3.05, 3.63) is 59.7 Å². The Morgan fingerprint density at radius 1 is 1.03 bits per heavy atom. The summed E-state index contributed by atoms with van der Waals surface area (Å²) >= 11 is 0. The van der Waals surface area contributed by atoms with Gasteiger partial charge in [0.2, 0.25) is 0 Å². The minimum atomic E-state index is -3.76. The number of ether oxygens (including phenoxy) is 1. The first kappa shape index (κ1) is 23.9. The van der Waals surface area contributed by atoms with Crippen LogP contribution >= 0.6 is 0 Å². The van der Waals surface area contributed by atoms with Crippen molar-refractivity contribution in [1.29, 1.82) is 0 Å². The summed E-state index contributed by atoms with van der Waals surface area (Å²) in [6.45, 7) is 5.24. The topological polar surface area (TPSA) is 122 Å². The van der Waals surface area contributed by atoms with Gasteiger partial charge in [-0.15, -0.1) is 0 Å². The third-order valence-electron chi connectivity index (χ3n) is 4.37. The lowest BCUT2D eigenvalue weighted by Crippen LogP contribution is -2.44. The van der Waals surface area contributed by atoms with Crippen LogP contribution in [0.2, 0.25) is 0 Å². The number of sulfonamides is 1. The molecule has 0 fully saturated rings. The Kier molecular flexibility index (Phi) is 7.76. The molecule has 0 saturated carbocycles. The van der Waals surface area contributed by atoms with Crippen molar-refractivity contribution >= 4 is 33.6 Å². The number of carbonyl (C=O) groups excluding carboxylic acids is 3. The molecule has 2 rings (SSSR count). The van der Waals surface area contributed by atoms with Crippen LogP contribution < -0.4 is 14.9 Å². The molecule has 3 amide bonds. The van der Waals surface area contributed by atoms with E-state index < -0.39 is 34.0 Å². The number of hydrogen-bond acceptors (Lipinski definition) is 6. The number of urea groups is 1. The molecule has 10 heteroatoms. The number of esters is 1. The van der Waals surface area contributed by atoms with E-state index in [1.54, 1.807) is 19.1 Å². The molecule has 0 radical (unpaired) electrons. The Labute approximate surface area is 181 Å². The number of nitrogens with one attached hydrogen (secondary N) is 2. The van der Waals surface area contributed by atoms with Gasteiger partial charge in [-0.05, 0) is 57.2 Å². The van der Waals surface area contributed by atoms with E-state index in [0.29, 0.717) is 12.2 Å². The summed E-state index contributed by atoms with van der Waals surface area (Å²) in [7, 11) is -2.35. The highest BCUT2D eigenvalue weighted by Crippen LogP contribution is 2.23. The van der Waals surface area contributed by atoms with Gasteiger partial charge in [0.1, 0.15) is 0 Å². The van der Waals surface area contributed by atoms with Gasteiger partial charge in [-0.3, -0.25) is 14.4 Å². The number of anilines is 1. The van der Waals surface area contributed by atoms with Crippen molar-refractivity contribution < 1.29 is 27.5 Å². The van der Waals surface area contributed by atoms with Crippen molar-refractivity contribution in [2.75, 3.05) is 17.9 Å². The number of rotatable bonds is 7. The number of benzene rings is 2. The molecule has 1 atom stereocenters. The summed E-state index contributed by atoms with van der Waals surface area (Å²) in [6, 6.07) is 11.5. The maximum Gasteiger partial charge on any atom is 0.338 e. The molecule has 0 heterocycles. The first-order valence-electron chi connectivity index (χ1n) is 9.51. The zero-order valence-corrected chi connectivity index (χ0v) is 18.5. The molecule has 0 aliphatic rings. The third-order valence-corrected chi connectivity index (χ3v) is 6.17. The van der Waals surface area contributed by atoms with E-state index in [0.717, 1.165) is 9.87 Å². The molecule has 166 valence electrons. The van der Waals surface area contributed by atoms with E-state index >= 15 is 0 Å². The standard InChI is InChI=1S/C21H25N3O6S/c1-5-22-21(27)23-19(25)15(3)30-20(26)16-8-10-17(11-9-16)24(4)31(28,29)18-12-6-14(2)7-13-18/h6-13,15H,5H2,1-4H3,(H2,22,23,25,27). The Balaban J connectivity index is 2.06. The highest BCUT2D eigenvalue weighted by molar-refractivity contribution is 7.92. The lowest BCUT2D eigenvalue weighted by molar-refractivity contribution is -0.127. The van der Waals surface area contributed by atoms with Gasteiger partial charge in [0, 0.05) is 13.6 Å². The van der Waals surface area contributed by atoms with Crippen LogP contribution in [-0.4, -0.2) is 46.0 Å². The van der Waals surface area contributed by atoms with E-state index in [4.69, 9.17) is 4.74 Å². The molecule has 2 aromatic rings. The normalized spacial score (nSPS) is 11.9. The quantitative estimate of drug-likeness (QED) is 0.628. The summed E-state index contributed by atoms with van der Waals surface area (Å²) in [4.78, 5) is 35.7. The second-order valence-electron chi connectivity index (χ2n) is 6.73. The van der Waals surface area contributed by atoms with Gasteiger partial charge in [-0.2, -0.15) is 0 Å². The number of imide groups is 1. The Morgan fingerprint density at radius 2 is 1.61 bits per heavy atom. The van der Waals surface area contributed by atoms with Gasteiger partial charge in [-0.25, -0.2) is 18.0 Å². The van der Waals surface area contributed by atoms with Crippen LogP contribution in [0.1, 0.15) is 29.8 Å². The summed E-state index contributed by atoms with van der Waals surface area (Å²) in [5.41, 5.74) is 1.42. The van der Waals surface area contributed by atoms with Crippen LogP contribution in [-0.2, 0) is 19.6 Å². The average molecular weight is 448 g/mol. The molecule has 9 nitrogen and oxygen atoms in total. The van der Waals surface area contributed by atoms with E-state index in [-0.39, 0.29) is 10.5 Å². The third kappa shape index (κ3) is 6.05. The van der Waals surface area contributed by atoms with Gasteiger partial charge < -0.3 is 10.1 Å². The smallest absolute Gasteiger partial charge is 0.338 e. The van der Waals surface area contributed by atoms with Crippen LogP contribution in [0.25, 0.3) is 0 Å². The molecule has 31 heavy (non-hydrogen) atoms. The molecule has 2 N–H and O–H groups in total. The predicted octanol–water partition coefficient (Wildman–Crippen LogP) is 2.21. The van der Waals surface area contributed by atoms with Crippen LogP contribution in [0.3, 0.4) is 0 Å². The Bertz CT molecular complexity index is 1050. The number of hydrogen-bond donors (Lipinski definition) is 2. The molecule has 0 bridgehead atoms. The summed E-state index contributed by atoms with van der Waals surface area (Å²) < 4.78 is 31.7. The minimum Gasteiger partial charge on any atom is -0.449 e. The predicted molar refractivity (Wildman–Crippen MR) is 115 cm³/mol. The summed E-state index contributed by atoms with van der Waals surface area (Å²) in [5.74, 6) is -1.55. The molecule has 0 aromatic heterocycles. The van der Waals surface area contributed by atoms with Crippen molar-refractivity contribution in [3.8, 4) is 0 Å². The number of aryl methyl sites for hydroxylation is 1. The molecule has 0 spiro atoms. The molecule has 1 unspecified atom stereocenters. The largest absolute Gasteiger partial charge is 0.449 e. The van der Waals surface area contributed by atoms with E-state index in [1.165, 1.54) is 50.4 Å². The Hall–Kier alpha value is -3.40. The van der Waals surface area contributed by atoms with Crippen molar-refractivity contribution in [2.45, 2.75) is 31.8 Å². The van der Waals surface area contributed by atoms with E-state index in [9.17, 15) is 22.8 Å². The van der Waals surface area contributed by atoms with E-state index in [1.807, 2.05) is 6.92 Å². The second kappa shape index (κ2) is 10.1. The van der Waals surface area contributed by atoms with E-state index in [2.05, 4.69) is 10.6 Å².